The van der Waals surface area contributed by atoms with Crippen LogP contribution in [0.3, 0.4) is 0 Å². The molecular weight excluding hydrogens is 174 g/mol. The molecule has 1 saturated carbocycles. The van der Waals surface area contributed by atoms with Crippen LogP contribution in [-0.4, -0.2) is 30.3 Å². The number of rotatable bonds is 2. The van der Waals surface area contributed by atoms with Crippen molar-refractivity contribution in [3.05, 3.63) is 0 Å². The van der Waals surface area contributed by atoms with E-state index in [1.54, 1.807) is 0 Å². The average molecular weight is 195 g/mol. The lowest BCUT2D eigenvalue weighted by atomic mass is 9.85. The van der Waals surface area contributed by atoms with E-state index in [2.05, 4.69) is 4.90 Å². The van der Waals surface area contributed by atoms with E-state index in [4.69, 9.17) is 0 Å². The van der Waals surface area contributed by atoms with Gasteiger partial charge in [-0.2, -0.15) is 0 Å². The Hall–Kier alpha value is -0.370. The minimum Gasteiger partial charge on any atom is -0.303 e. The summed E-state index contributed by atoms with van der Waals surface area (Å²) in [7, 11) is 0. The number of carbonyl (C=O) groups is 1. The minimum atomic E-state index is 0.371. The van der Waals surface area contributed by atoms with Crippen molar-refractivity contribution in [2.45, 2.75) is 51.0 Å². The van der Waals surface area contributed by atoms with Gasteiger partial charge < -0.3 is 9.69 Å². The van der Waals surface area contributed by atoms with Gasteiger partial charge in [0.05, 0.1) is 0 Å². The summed E-state index contributed by atoms with van der Waals surface area (Å²) in [4.78, 5) is 13.3. The zero-order valence-corrected chi connectivity index (χ0v) is 8.95. The van der Waals surface area contributed by atoms with Gasteiger partial charge in [0, 0.05) is 12.0 Å². The number of hydrogen-bond acceptors (Lipinski definition) is 2. The van der Waals surface area contributed by atoms with Crippen molar-refractivity contribution in [1.82, 2.24) is 4.90 Å². The van der Waals surface area contributed by atoms with Crippen LogP contribution in [0, 0.1) is 5.92 Å². The summed E-state index contributed by atoms with van der Waals surface area (Å²) in [6, 6.07) is 0.798. The Bertz CT molecular complexity index is 179. The molecule has 1 heterocycles. The van der Waals surface area contributed by atoms with E-state index >= 15 is 0 Å². The number of piperidine rings is 1. The van der Waals surface area contributed by atoms with E-state index in [-0.39, 0.29) is 0 Å². The standard InChI is InChI=1S/C12H21NO/c14-10-11-4-6-12(7-5-11)13-8-2-1-3-9-13/h10-12H,1-9H2. The van der Waals surface area contributed by atoms with Crippen LogP contribution in [0.2, 0.25) is 0 Å². The maximum absolute atomic E-state index is 10.6. The normalized spacial score (nSPS) is 35.4. The topological polar surface area (TPSA) is 20.3 Å². The fourth-order valence-electron chi connectivity index (χ4n) is 2.89. The van der Waals surface area contributed by atoms with Crippen LogP contribution >= 0.6 is 0 Å². The van der Waals surface area contributed by atoms with Crippen LogP contribution in [-0.2, 0) is 4.79 Å². The van der Waals surface area contributed by atoms with Crippen LogP contribution in [0.5, 0.6) is 0 Å². The molecule has 2 fully saturated rings. The molecule has 0 amide bonds. The van der Waals surface area contributed by atoms with E-state index in [0.29, 0.717) is 5.92 Å². The Kier molecular flexibility index (Phi) is 3.57. The first-order valence-corrected chi connectivity index (χ1v) is 6.09. The lowest BCUT2D eigenvalue weighted by molar-refractivity contribution is -0.112. The molecule has 14 heavy (non-hydrogen) atoms. The fraction of sp³-hybridized carbons (Fsp3) is 0.917. The van der Waals surface area contributed by atoms with Crippen molar-refractivity contribution in [2.75, 3.05) is 13.1 Å². The van der Waals surface area contributed by atoms with Crippen molar-refractivity contribution in [1.29, 1.82) is 0 Å². The zero-order valence-electron chi connectivity index (χ0n) is 8.95. The Morgan fingerprint density at radius 3 is 2.14 bits per heavy atom. The van der Waals surface area contributed by atoms with Gasteiger partial charge in [-0.15, -0.1) is 0 Å². The smallest absolute Gasteiger partial charge is 0.123 e. The first-order chi connectivity index (χ1) is 6.90. The summed E-state index contributed by atoms with van der Waals surface area (Å²) in [6.45, 7) is 2.60. The van der Waals surface area contributed by atoms with Crippen molar-refractivity contribution in [2.24, 2.45) is 5.92 Å². The Morgan fingerprint density at radius 2 is 1.57 bits per heavy atom. The highest BCUT2D eigenvalue weighted by Gasteiger charge is 2.26. The quantitative estimate of drug-likeness (QED) is 0.630. The van der Waals surface area contributed by atoms with E-state index in [9.17, 15) is 4.79 Å². The van der Waals surface area contributed by atoms with Gasteiger partial charge in [0.2, 0.25) is 0 Å². The van der Waals surface area contributed by atoms with Crippen molar-refractivity contribution < 1.29 is 4.79 Å². The summed E-state index contributed by atoms with van der Waals surface area (Å²) in [5.74, 6) is 0.371. The van der Waals surface area contributed by atoms with Gasteiger partial charge in [-0.05, 0) is 51.6 Å². The van der Waals surface area contributed by atoms with Gasteiger partial charge in [0.15, 0.2) is 0 Å². The highest BCUT2D eigenvalue weighted by molar-refractivity contribution is 5.53. The molecule has 2 rings (SSSR count). The molecule has 0 spiro atoms. The monoisotopic (exact) mass is 195 g/mol. The van der Waals surface area contributed by atoms with Gasteiger partial charge in [-0.1, -0.05) is 6.42 Å². The molecule has 80 valence electrons. The fourth-order valence-corrected chi connectivity index (χ4v) is 2.89. The van der Waals surface area contributed by atoms with Gasteiger partial charge in [0.25, 0.3) is 0 Å². The second kappa shape index (κ2) is 4.92. The van der Waals surface area contributed by atoms with Crippen molar-refractivity contribution >= 4 is 6.29 Å². The van der Waals surface area contributed by atoms with Gasteiger partial charge in [0.1, 0.15) is 6.29 Å². The number of hydrogen-bond donors (Lipinski definition) is 0. The van der Waals surface area contributed by atoms with E-state index < -0.39 is 0 Å². The third kappa shape index (κ3) is 2.35. The van der Waals surface area contributed by atoms with E-state index in [1.807, 2.05) is 0 Å². The van der Waals surface area contributed by atoms with Gasteiger partial charge in [-0.3, -0.25) is 0 Å². The number of likely N-dealkylation sites (tertiary alicyclic amines) is 1. The van der Waals surface area contributed by atoms with Crippen LogP contribution in [0.15, 0.2) is 0 Å². The lowest BCUT2D eigenvalue weighted by Gasteiger charge is -2.37. The molecule has 2 nitrogen and oxygen atoms in total. The van der Waals surface area contributed by atoms with Gasteiger partial charge >= 0.3 is 0 Å². The zero-order chi connectivity index (χ0) is 9.80. The van der Waals surface area contributed by atoms with Crippen LogP contribution < -0.4 is 0 Å². The largest absolute Gasteiger partial charge is 0.303 e. The predicted molar refractivity (Wildman–Crippen MR) is 57.2 cm³/mol. The molecule has 0 aromatic heterocycles. The summed E-state index contributed by atoms with van der Waals surface area (Å²) in [6.07, 6.45) is 10.1. The van der Waals surface area contributed by atoms with Crippen LogP contribution in [0.1, 0.15) is 44.9 Å². The van der Waals surface area contributed by atoms with E-state index in [1.165, 1.54) is 45.2 Å². The second-order valence-electron chi connectivity index (χ2n) is 4.80. The molecule has 2 heteroatoms. The predicted octanol–water partition coefficient (Wildman–Crippen LogP) is 2.23. The first kappa shape index (κ1) is 10.2. The summed E-state index contributed by atoms with van der Waals surface area (Å²) < 4.78 is 0. The molecule has 2 aliphatic rings. The van der Waals surface area contributed by atoms with Crippen LogP contribution in [0.25, 0.3) is 0 Å². The molecule has 0 atom stereocenters. The highest BCUT2D eigenvalue weighted by Crippen LogP contribution is 2.27. The van der Waals surface area contributed by atoms with Crippen LogP contribution in [0.4, 0.5) is 0 Å². The second-order valence-corrected chi connectivity index (χ2v) is 4.80. The first-order valence-electron chi connectivity index (χ1n) is 6.09. The molecule has 0 aromatic carbocycles. The third-order valence-corrected chi connectivity index (χ3v) is 3.84. The summed E-state index contributed by atoms with van der Waals surface area (Å²) in [5, 5.41) is 0. The van der Waals surface area contributed by atoms with Crippen molar-refractivity contribution in [3.63, 3.8) is 0 Å². The molecule has 0 bridgehead atoms. The lowest BCUT2D eigenvalue weighted by Crippen LogP contribution is -2.41. The number of aldehydes is 1. The number of carbonyl (C=O) groups excluding carboxylic acids is 1. The minimum absolute atomic E-state index is 0.371. The molecular formula is C12H21NO. The number of nitrogens with zero attached hydrogens (tertiary/aromatic N) is 1. The summed E-state index contributed by atoms with van der Waals surface area (Å²) in [5.41, 5.74) is 0. The highest BCUT2D eigenvalue weighted by atomic mass is 16.1. The van der Waals surface area contributed by atoms with E-state index in [0.717, 1.165) is 25.2 Å². The Morgan fingerprint density at radius 1 is 0.929 bits per heavy atom. The summed E-state index contributed by atoms with van der Waals surface area (Å²) >= 11 is 0. The Labute approximate surface area is 86.7 Å². The molecule has 0 unspecified atom stereocenters. The molecule has 1 aliphatic heterocycles. The SMILES string of the molecule is O=CC1CCC(N2CCCCC2)CC1. The maximum atomic E-state index is 10.6. The van der Waals surface area contributed by atoms with Crippen molar-refractivity contribution in [3.8, 4) is 0 Å². The Balaban J connectivity index is 1.78. The molecule has 0 N–H and O–H groups in total. The van der Waals surface area contributed by atoms with Gasteiger partial charge in [-0.25, -0.2) is 0 Å². The molecule has 1 saturated heterocycles. The maximum Gasteiger partial charge on any atom is 0.123 e. The molecule has 0 radical (unpaired) electrons. The average Bonchev–Trinajstić information content (AvgIpc) is 2.30. The third-order valence-electron chi connectivity index (χ3n) is 3.84. The molecule has 0 aromatic rings. The molecule has 1 aliphatic carbocycles.